The van der Waals surface area contributed by atoms with E-state index >= 15 is 0 Å². The molecule has 13 heteroatoms. The molecule has 1 N–H and O–H groups in total. The average molecular weight is 736 g/mol. The first-order chi connectivity index (χ1) is 24.2. The minimum Gasteiger partial charge on any atom is -0.479 e. The summed E-state index contributed by atoms with van der Waals surface area (Å²) in [5.41, 5.74) is 4.50. The summed E-state index contributed by atoms with van der Waals surface area (Å²) in [6.07, 6.45) is 0.324. The molecule has 5 aromatic rings. The van der Waals surface area contributed by atoms with Gasteiger partial charge in [0.25, 0.3) is 0 Å². The minimum atomic E-state index is -2.79. The highest BCUT2D eigenvalue weighted by Crippen LogP contribution is 2.45. The molecule has 2 saturated heterocycles. The maximum absolute atomic E-state index is 14.3. The highest BCUT2D eigenvalue weighted by molar-refractivity contribution is 7.22. The molecule has 2 aliphatic rings. The second-order valence-corrected chi connectivity index (χ2v) is 16.0. The number of carbonyl (C=O) groups is 2. The molecule has 1 atom stereocenters. The van der Waals surface area contributed by atoms with Crippen LogP contribution in [0.3, 0.4) is 0 Å². The number of aromatic nitrogens is 3. The quantitative estimate of drug-likeness (QED) is 0.170. The molecule has 51 heavy (non-hydrogen) atoms. The van der Waals surface area contributed by atoms with E-state index in [1.54, 1.807) is 31.2 Å². The van der Waals surface area contributed by atoms with Gasteiger partial charge in [-0.05, 0) is 101 Å². The van der Waals surface area contributed by atoms with Crippen LogP contribution in [-0.2, 0) is 14.3 Å². The lowest BCUT2D eigenvalue weighted by Crippen LogP contribution is -2.61. The minimum absolute atomic E-state index is 0.0100. The third-order valence-corrected chi connectivity index (χ3v) is 11.3. The van der Waals surface area contributed by atoms with Crippen LogP contribution < -0.4 is 0 Å². The predicted octanol–water partition coefficient (Wildman–Crippen LogP) is 8.69. The van der Waals surface area contributed by atoms with Crippen molar-refractivity contribution in [1.82, 2.24) is 24.6 Å². The van der Waals surface area contributed by atoms with Crippen molar-refractivity contribution < 1.29 is 28.2 Å². The van der Waals surface area contributed by atoms with E-state index < -0.39 is 24.2 Å². The van der Waals surface area contributed by atoms with Crippen molar-refractivity contribution in [3.05, 3.63) is 70.4 Å². The van der Waals surface area contributed by atoms with E-state index in [0.717, 1.165) is 65.1 Å². The monoisotopic (exact) mass is 735 g/mol. The van der Waals surface area contributed by atoms with Gasteiger partial charge in [0, 0.05) is 59.1 Å². The number of carboxylic acid groups (broad SMARTS) is 1. The summed E-state index contributed by atoms with van der Waals surface area (Å²) in [5.74, 6) is -1.00. The van der Waals surface area contributed by atoms with Crippen molar-refractivity contribution in [2.75, 3.05) is 26.2 Å². The maximum atomic E-state index is 14.3. The van der Waals surface area contributed by atoms with Gasteiger partial charge in [0.1, 0.15) is 5.01 Å². The Kier molecular flexibility index (Phi) is 9.41. The first-order valence-electron chi connectivity index (χ1n) is 17.1. The Morgan fingerprint density at radius 2 is 1.71 bits per heavy atom. The van der Waals surface area contributed by atoms with Crippen LogP contribution in [-0.4, -0.2) is 79.4 Å². The number of hydrogen-bond donors (Lipinski definition) is 1. The molecule has 7 rings (SSSR count). The molecule has 0 spiro atoms. The third-order valence-electron chi connectivity index (χ3n) is 9.93. The Morgan fingerprint density at radius 1 is 1.04 bits per heavy atom. The number of thiazole rings is 1. The van der Waals surface area contributed by atoms with E-state index in [0.29, 0.717) is 49.3 Å². The number of fused-ring (bicyclic) bond motifs is 2. The molecular formula is C38H40ClF2N5O4S. The number of carbonyl (C=O) groups excluding carboxylic acids is 1. The molecule has 9 nitrogen and oxygen atoms in total. The number of alkyl halides is 2. The summed E-state index contributed by atoms with van der Waals surface area (Å²) in [4.78, 5) is 33.7. The van der Waals surface area contributed by atoms with Gasteiger partial charge in [0.2, 0.25) is 5.91 Å². The Balaban J connectivity index is 1.29. The summed E-state index contributed by atoms with van der Waals surface area (Å²) in [5, 5.41) is 16.8. The zero-order valence-corrected chi connectivity index (χ0v) is 30.7. The first-order valence-corrected chi connectivity index (χ1v) is 18.3. The Bertz CT molecular complexity index is 2130. The highest BCUT2D eigenvalue weighted by atomic mass is 35.5. The predicted molar refractivity (Wildman–Crippen MR) is 196 cm³/mol. The lowest BCUT2D eigenvalue weighted by Gasteiger charge is -2.47. The van der Waals surface area contributed by atoms with Gasteiger partial charge in [0.15, 0.2) is 6.10 Å². The molecule has 0 saturated carbocycles. The van der Waals surface area contributed by atoms with Crippen LogP contribution in [0.2, 0.25) is 5.02 Å². The van der Waals surface area contributed by atoms with Crippen LogP contribution in [0.4, 0.5) is 8.78 Å². The number of aryl methyl sites for hydroxylation is 1. The van der Waals surface area contributed by atoms with Crippen LogP contribution in [0.15, 0.2) is 48.5 Å². The van der Waals surface area contributed by atoms with Gasteiger partial charge in [-0.3, -0.25) is 9.69 Å². The summed E-state index contributed by atoms with van der Waals surface area (Å²) in [6.45, 7) is 9.22. The van der Waals surface area contributed by atoms with Gasteiger partial charge in [-0.2, -0.15) is 13.9 Å². The number of benzene rings is 3. The lowest BCUT2D eigenvalue weighted by molar-refractivity contribution is -0.160. The number of nitrogens with zero attached hydrogens (tertiary/aromatic N) is 5. The second-order valence-electron chi connectivity index (χ2n) is 14.5. The number of hydrogen-bond acceptors (Lipinski definition) is 7. The fraction of sp³-hybridized carbons (Fsp3) is 0.421. The number of rotatable bonds is 8. The van der Waals surface area contributed by atoms with Crippen molar-refractivity contribution in [3.63, 3.8) is 0 Å². The standard InChI is InChI=1S/C38H40ClF2N5O4S/c1-20-16-28-34(31(22-6-9-25(39)10-7-22)30(20)33(36(48)49)50-38(3,4)5)51-35(42-28)24-8-11-29-27(17-24)32(43-46(29)37(40)41)23-12-14-44(15-13-23)26-18-45(19-26)21(2)47/h6-11,16-17,23,26,33,37H,12-15,18-19H2,1-5H3,(H,48,49). The van der Waals surface area contributed by atoms with E-state index in [1.165, 1.54) is 11.3 Å². The molecule has 2 aliphatic heterocycles. The second kappa shape index (κ2) is 13.5. The number of halogens is 3. The highest BCUT2D eigenvalue weighted by Gasteiger charge is 2.37. The Hall–Kier alpha value is -3.97. The number of piperidine rings is 1. The zero-order chi connectivity index (χ0) is 36.4. The van der Waals surface area contributed by atoms with Crippen LogP contribution in [0.5, 0.6) is 0 Å². The van der Waals surface area contributed by atoms with E-state index in [2.05, 4.69) is 10.00 Å². The number of ether oxygens (including phenoxy) is 1. The summed E-state index contributed by atoms with van der Waals surface area (Å²) < 4.78 is 36.3. The van der Waals surface area contributed by atoms with Crippen molar-refractivity contribution in [2.45, 2.75) is 77.7 Å². The summed E-state index contributed by atoms with van der Waals surface area (Å²) in [6, 6.07) is 14.9. The van der Waals surface area contributed by atoms with Crippen molar-refractivity contribution in [2.24, 2.45) is 0 Å². The molecule has 4 heterocycles. The van der Waals surface area contributed by atoms with Gasteiger partial charge in [0.05, 0.1) is 27.0 Å². The summed E-state index contributed by atoms with van der Waals surface area (Å²) in [7, 11) is 0. The van der Waals surface area contributed by atoms with E-state index in [9.17, 15) is 23.5 Å². The first kappa shape index (κ1) is 35.4. The fourth-order valence-corrected chi connectivity index (χ4v) is 8.64. The average Bonchev–Trinajstić information content (AvgIpc) is 3.64. The summed E-state index contributed by atoms with van der Waals surface area (Å²) >= 11 is 7.68. The molecule has 2 fully saturated rings. The number of amides is 1. The van der Waals surface area contributed by atoms with Crippen LogP contribution in [0.25, 0.3) is 42.8 Å². The molecule has 1 unspecified atom stereocenters. The van der Waals surface area contributed by atoms with Gasteiger partial charge >= 0.3 is 12.5 Å². The zero-order valence-electron chi connectivity index (χ0n) is 29.1. The fourth-order valence-electron chi connectivity index (χ4n) is 7.39. The van der Waals surface area contributed by atoms with Gasteiger partial charge in [-0.15, -0.1) is 11.3 Å². The van der Waals surface area contributed by atoms with Crippen molar-refractivity contribution in [3.8, 4) is 21.7 Å². The molecule has 0 radical (unpaired) electrons. The molecule has 2 aromatic heterocycles. The Labute approximate surface area is 303 Å². The van der Waals surface area contributed by atoms with E-state index in [-0.39, 0.29) is 11.8 Å². The molecule has 0 bridgehead atoms. The van der Waals surface area contributed by atoms with Gasteiger partial charge in [-0.1, -0.05) is 23.7 Å². The van der Waals surface area contributed by atoms with Crippen LogP contribution >= 0.6 is 22.9 Å². The topological polar surface area (TPSA) is 101 Å². The molecule has 1 amide bonds. The van der Waals surface area contributed by atoms with Crippen LogP contribution in [0, 0.1) is 6.92 Å². The lowest BCUT2D eigenvalue weighted by atomic mass is 9.90. The number of aliphatic carboxylic acids is 1. The molecular weight excluding hydrogens is 696 g/mol. The van der Waals surface area contributed by atoms with Crippen molar-refractivity contribution in [1.29, 1.82) is 0 Å². The van der Waals surface area contributed by atoms with E-state index in [4.69, 9.17) is 21.3 Å². The number of likely N-dealkylation sites (tertiary alicyclic amines) is 2. The SMILES string of the molecule is CC(=O)N1CC(N2CCC(c3nn(C(F)F)c4ccc(-c5nc6cc(C)c(C(OC(C)(C)C)C(=O)O)c(-c7ccc(Cl)cc7)c6s5)cc34)CC2)C1. The van der Waals surface area contributed by atoms with Gasteiger partial charge in [-0.25, -0.2) is 14.5 Å². The molecule has 3 aromatic carbocycles. The smallest absolute Gasteiger partial charge is 0.337 e. The van der Waals surface area contributed by atoms with E-state index in [1.807, 2.05) is 56.9 Å². The normalized spacial score (nSPS) is 17.1. The number of carboxylic acids is 1. The Morgan fingerprint density at radius 3 is 2.31 bits per heavy atom. The van der Waals surface area contributed by atoms with Crippen molar-refractivity contribution >= 4 is 55.9 Å². The largest absolute Gasteiger partial charge is 0.479 e. The van der Waals surface area contributed by atoms with Gasteiger partial charge < -0.3 is 14.7 Å². The maximum Gasteiger partial charge on any atom is 0.337 e. The molecule has 0 aliphatic carbocycles. The molecule has 268 valence electrons. The van der Waals surface area contributed by atoms with Crippen LogP contribution in [0.1, 0.15) is 75.9 Å². The third kappa shape index (κ3) is 6.86.